The Labute approximate surface area is 83.6 Å². The van der Waals surface area contributed by atoms with Crippen molar-refractivity contribution in [1.82, 2.24) is 5.32 Å². The van der Waals surface area contributed by atoms with E-state index in [1.165, 1.54) is 32.1 Å². The molecule has 0 spiro atoms. The molecule has 0 aromatic carbocycles. The van der Waals surface area contributed by atoms with E-state index in [-0.39, 0.29) is 6.23 Å². The number of fused-ring (bicyclic) bond motifs is 1. The van der Waals surface area contributed by atoms with E-state index in [0.717, 1.165) is 6.42 Å². The smallest absolute Gasteiger partial charge is 0.450 e. The fraction of sp³-hybridized carbons (Fsp3) is 0.900. The fourth-order valence-electron chi connectivity index (χ4n) is 2.67. The van der Waals surface area contributed by atoms with E-state index < -0.39 is 6.16 Å². The molecule has 2 rings (SSSR count). The largest absolute Gasteiger partial charge is 0.507 e. The minimum absolute atomic E-state index is 0.263. The average Bonchev–Trinajstić information content (AvgIpc) is 2.34. The molecule has 4 nitrogen and oxygen atoms in total. The lowest BCUT2D eigenvalue weighted by Crippen LogP contribution is -2.33. The highest BCUT2D eigenvalue weighted by Crippen LogP contribution is 2.32. The number of rotatable bonds is 1. The Morgan fingerprint density at radius 1 is 1.29 bits per heavy atom. The van der Waals surface area contributed by atoms with Gasteiger partial charge in [0.2, 0.25) is 0 Å². The maximum absolute atomic E-state index is 10.4. The van der Waals surface area contributed by atoms with Crippen molar-refractivity contribution in [2.75, 3.05) is 0 Å². The van der Waals surface area contributed by atoms with Crippen LogP contribution in [0.15, 0.2) is 0 Å². The summed E-state index contributed by atoms with van der Waals surface area (Å²) in [5.41, 5.74) is 0. The first-order valence-corrected chi connectivity index (χ1v) is 5.41. The van der Waals surface area contributed by atoms with E-state index in [9.17, 15) is 4.79 Å². The molecule has 2 N–H and O–H groups in total. The zero-order valence-electron chi connectivity index (χ0n) is 8.24. The molecular weight excluding hydrogens is 182 g/mol. The highest BCUT2D eigenvalue weighted by molar-refractivity contribution is 5.57. The van der Waals surface area contributed by atoms with Gasteiger partial charge in [0.25, 0.3) is 0 Å². The predicted molar refractivity (Wildman–Crippen MR) is 51.0 cm³/mol. The van der Waals surface area contributed by atoms with E-state index >= 15 is 0 Å². The van der Waals surface area contributed by atoms with Crippen LogP contribution in [0, 0.1) is 5.92 Å². The lowest BCUT2D eigenvalue weighted by molar-refractivity contribution is 0.0425. The third-order valence-corrected chi connectivity index (χ3v) is 3.32. The van der Waals surface area contributed by atoms with Gasteiger partial charge < -0.3 is 9.84 Å². The molecule has 1 heterocycles. The molecule has 2 aliphatic rings. The lowest BCUT2D eigenvalue weighted by Gasteiger charge is -2.14. The zero-order valence-corrected chi connectivity index (χ0v) is 8.24. The van der Waals surface area contributed by atoms with Crippen molar-refractivity contribution in [1.29, 1.82) is 0 Å². The summed E-state index contributed by atoms with van der Waals surface area (Å²) in [7, 11) is 0. The van der Waals surface area contributed by atoms with Crippen molar-refractivity contribution in [3.63, 3.8) is 0 Å². The second kappa shape index (κ2) is 4.17. The molecule has 80 valence electrons. The number of hydrogen-bond acceptors (Lipinski definition) is 3. The van der Waals surface area contributed by atoms with Crippen LogP contribution in [0.25, 0.3) is 0 Å². The first-order chi connectivity index (χ1) is 6.75. The van der Waals surface area contributed by atoms with Crippen LogP contribution in [0.1, 0.15) is 38.5 Å². The van der Waals surface area contributed by atoms with Gasteiger partial charge in [0.15, 0.2) is 6.23 Å². The molecule has 1 saturated carbocycles. The second-order valence-electron chi connectivity index (χ2n) is 4.28. The van der Waals surface area contributed by atoms with E-state index in [1.807, 2.05) is 0 Å². The van der Waals surface area contributed by atoms with Crippen molar-refractivity contribution < 1.29 is 14.6 Å². The van der Waals surface area contributed by atoms with Crippen LogP contribution in [-0.2, 0) is 4.74 Å². The van der Waals surface area contributed by atoms with E-state index in [4.69, 9.17) is 9.84 Å². The van der Waals surface area contributed by atoms with Gasteiger partial charge in [-0.2, -0.15) is 0 Å². The highest BCUT2D eigenvalue weighted by Gasteiger charge is 2.35. The SMILES string of the molecule is O=C(O)OC1C[C@@H]2CCCCC[C@H]2N1. The summed E-state index contributed by atoms with van der Waals surface area (Å²) in [6, 6.07) is 0.488. The quantitative estimate of drug-likeness (QED) is 0.634. The number of hydrogen-bond donors (Lipinski definition) is 2. The van der Waals surface area contributed by atoms with Crippen LogP contribution in [0.5, 0.6) is 0 Å². The highest BCUT2D eigenvalue weighted by atomic mass is 16.7. The normalized spacial score (nSPS) is 37.3. The Hall–Kier alpha value is -0.770. The third kappa shape index (κ3) is 2.18. The van der Waals surface area contributed by atoms with Crippen LogP contribution in [0.3, 0.4) is 0 Å². The van der Waals surface area contributed by atoms with Crippen molar-refractivity contribution in [2.45, 2.75) is 50.8 Å². The summed E-state index contributed by atoms with van der Waals surface area (Å²) in [6.45, 7) is 0. The Balaban J connectivity index is 1.88. The molecule has 4 heteroatoms. The van der Waals surface area contributed by atoms with E-state index in [0.29, 0.717) is 12.0 Å². The van der Waals surface area contributed by atoms with Gasteiger partial charge in [-0.05, 0) is 18.8 Å². The molecule has 14 heavy (non-hydrogen) atoms. The Morgan fingerprint density at radius 3 is 2.86 bits per heavy atom. The van der Waals surface area contributed by atoms with Gasteiger partial charge in [-0.25, -0.2) is 4.79 Å². The average molecular weight is 199 g/mol. The molecule has 0 bridgehead atoms. The Bertz CT molecular complexity index is 205. The number of ether oxygens (including phenoxy) is 1. The predicted octanol–water partition coefficient (Wildman–Crippen LogP) is 1.95. The van der Waals surface area contributed by atoms with Gasteiger partial charge in [-0.1, -0.05) is 19.3 Å². The van der Waals surface area contributed by atoms with Gasteiger partial charge in [0.1, 0.15) is 0 Å². The van der Waals surface area contributed by atoms with Gasteiger partial charge in [-0.3, -0.25) is 5.32 Å². The first-order valence-electron chi connectivity index (χ1n) is 5.41. The standard InChI is InChI=1S/C10H17NO3/c12-10(13)14-9-6-7-4-2-1-3-5-8(7)11-9/h7-9,11H,1-6H2,(H,12,13)/t7-,8+,9?/m0/s1. The summed E-state index contributed by atoms with van der Waals surface area (Å²) in [6.07, 6.45) is 5.67. The number of carboxylic acid groups (broad SMARTS) is 1. The molecule has 1 aliphatic heterocycles. The fourth-order valence-corrected chi connectivity index (χ4v) is 2.67. The summed E-state index contributed by atoms with van der Waals surface area (Å²) in [5, 5.41) is 11.8. The van der Waals surface area contributed by atoms with Gasteiger partial charge >= 0.3 is 6.16 Å². The summed E-state index contributed by atoms with van der Waals surface area (Å²) >= 11 is 0. The maximum Gasteiger partial charge on any atom is 0.507 e. The molecule has 1 aliphatic carbocycles. The molecule has 0 aromatic rings. The molecule has 1 unspecified atom stereocenters. The molecule has 0 amide bonds. The van der Waals surface area contributed by atoms with Crippen molar-refractivity contribution >= 4 is 6.16 Å². The van der Waals surface area contributed by atoms with Gasteiger partial charge in [0.05, 0.1) is 0 Å². The van der Waals surface area contributed by atoms with E-state index in [2.05, 4.69) is 5.32 Å². The molecule has 0 aromatic heterocycles. The maximum atomic E-state index is 10.4. The zero-order chi connectivity index (χ0) is 9.97. The van der Waals surface area contributed by atoms with Crippen LogP contribution in [-0.4, -0.2) is 23.5 Å². The minimum Gasteiger partial charge on any atom is -0.450 e. The topological polar surface area (TPSA) is 58.6 Å². The second-order valence-corrected chi connectivity index (χ2v) is 4.28. The van der Waals surface area contributed by atoms with Crippen molar-refractivity contribution in [3.8, 4) is 0 Å². The molecule has 3 atom stereocenters. The van der Waals surface area contributed by atoms with Crippen LogP contribution in [0.4, 0.5) is 4.79 Å². The monoisotopic (exact) mass is 199 g/mol. The van der Waals surface area contributed by atoms with E-state index in [1.54, 1.807) is 0 Å². The van der Waals surface area contributed by atoms with Crippen LogP contribution < -0.4 is 5.32 Å². The molecular formula is C10H17NO3. The van der Waals surface area contributed by atoms with Crippen molar-refractivity contribution in [2.24, 2.45) is 5.92 Å². The van der Waals surface area contributed by atoms with Crippen molar-refractivity contribution in [3.05, 3.63) is 0 Å². The van der Waals surface area contributed by atoms with Crippen LogP contribution in [0.2, 0.25) is 0 Å². The summed E-state index contributed by atoms with van der Waals surface area (Å²) in [5.74, 6) is 0.627. The lowest BCUT2D eigenvalue weighted by atomic mass is 9.96. The number of carbonyl (C=O) groups is 1. The number of nitrogens with one attached hydrogen (secondary N) is 1. The van der Waals surface area contributed by atoms with Gasteiger partial charge in [0, 0.05) is 12.5 Å². The minimum atomic E-state index is -1.17. The van der Waals surface area contributed by atoms with Crippen LogP contribution >= 0.6 is 0 Å². The summed E-state index contributed by atoms with van der Waals surface area (Å²) in [4.78, 5) is 10.4. The summed E-state index contributed by atoms with van der Waals surface area (Å²) < 4.78 is 4.75. The Morgan fingerprint density at radius 2 is 2.07 bits per heavy atom. The first kappa shape index (κ1) is 9.77. The van der Waals surface area contributed by atoms with Gasteiger partial charge in [-0.15, -0.1) is 0 Å². The molecule has 1 saturated heterocycles. The molecule has 2 fully saturated rings. The molecule has 0 radical (unpaired) electrons. The Kier molecular flexibility index (Phi) is 2.91. The third-order valence-electron chi connectivity index (χ3n) is 3.32.